The standard InChI is InChI=1S/C17H19BrFIN4O/c1-4-12-15(18)16(24(3)23-12)17(25)14(7-9(2)21)22-13-6-5-10(19)8-11(13)20/h5-8,17,25H,4,21H2,1-3H3. The van der Waals surface area contributed by atoms with Crippen molar-refractivity contribution >= 4 is 49.9 Å². The SMILES string of the molecule is CCc1nn(C)c(C(O)C(C=C(C)N)=Nc2ccc(F)cc2I)c1Br. The zero-order chi connectivity index (χ0) is 18.7. The molecule has 1 unspecified atom stereocenters. The van der Waals surface area contributed by atoms with E-state index in [0.29, 0.717) is 26.4 Å². The summed E-state index contributed by atoms with van der Waals surface area (Å²) in [5.41, 5.74) is 8.66. The van der Waals surface area contributed by atoms with Crippen molar-refractivity contribution in [3.05, 3.63) is 55.2 Å². The molecule has 2 rings (SSSR count). The number of hydrogen-bond donors (Lipinski definition) is 2. The molecule has 25 heavy (non-hydrogen) atoms. The summed E-state index contributed by atoms with van der Waals surface area (Å²) in [7, 11) is 1.76. The number of rotatable bonds is 5. The Kier molecular flexibility index (Phi) is 6.75. The van der Waals surface area contributed by atoms with Crippen LogP contribution in [0.15, 0.2) is 39.4 Å². The largest absolute Gasteiger partial charge is 0.402 e. The molecule has 0 aliphatic heterocycles. The molecule has 0 bridgehead atoms. The lowest BCUT2D eigenvalue weighted by Gasteiger charge is -2.14. The van der Waals surface area contributed by atoms with E-state index >= 15 is 0 Å². The van der Waals surface area contributed by atoms with Gasteiger partial charge in [-0.05, 0) is 76.1 Å². The van der Waals surface area contributed by atoms with E-state index in [2.05, 4.69) is 26.0 Å². The normalized spacial score (nSPS) is 14.0. The average Bonchev–Trinajstić information content (AvgIpc) is 2.82. The number of nitrogens with zero attached hydrogens (tertiary/aromatic N) is 3. The van der Waals surface area contributed by atoms with Gasteiger partial charge >= 0.3 is 0 Å². The molecule has 0 amide bonds. The molecule has 8 heteroatoms. The molecular weight excluding hydrogens is 502 g/mol. The number of aryl methyl sites for hydroxylation is 2. The predicted octanol–water partition coefficient (Wildman–Crippen LogP) is 4.16. The second kappa shape index (κ2) is 8.41. The van der Waals surface area contributed by atoms with E-state index in [1.54, 1.807) is 30.8 Å². The van der Waals surface area contributed by atoms with Crippen LogP contribution in [0.4, 0.5) is 10.1 Å². The number of nitrogens with two attached hydrogens (primary N) is 1. The van der Waals surface area contributed by atoms with Crippen LogP contribution in [0.1, 0.15) is 31.3 Å². The third-order valence-electron chi connectivity index (χ3n) is 3.51. The summed E-state index contributed by atoms with van der Waals surface area (Å²) >= 11 is 5.51. The van der Waals surface area contributed by atoms with Gasteiger partial charge < -0.3 is 10.8 Å². The number of allylic oxidation sites excluding steroid dienone is 1. The Morgan fingerprint density at radius 2 is 2.24 bits per heavy atom. The van der Waals surface area contributed by atoms with Crippen molar-refractivity contribution in [2.45, 2.75) is 26.4 Å². The minimum absolute atomic E-state index is 0.335. The molecule has 3 N–H and O–H groups in total. The van der Waals surface area contributed by atoms with Crippen LogP contribution in [-0.2, 0) is 13.5 Å². The van der Waals surface area contributed by atoms with Crippen molar-refractivity contribution < 1.29 is 9.50 Å². The van der Waals surface area contributed by atoms with E-state index in [4.69, 9.17) is 5.73 Å². The van der Waals surface area contributed by atoms with Gasteiger partial charge in [0.25, 0.3) is 0 Å². The third-order valence-corrected chi connectivity index (χ3v) is 5.23. The number of aliphatic hydroxyl groups excluding tert-OH is 1. The van der Waals surface area contributed by atoms with Gasteiger partial charge in [0.05, 0.1) is 27.3 Å². The summed E-state index contributed by atoms with van der Waals surface area (Å²) in [6, 6.07) is 4.29. The fourth-order valence-corrected chi connectivity index (χ4v) is 3.78. The van der Waals surface area contributed by atoms with Gasteiger partial charge in [-0.25, -0.2) is 9.38 Å². The first-order chi connectivity index (χ1) is 11.7. The lowest BCUT2D eigenvalue weighted by atomic mass is 10.1. The van der Waals surface area contributed by atoms with Gasteiger partial charge in [0.2, 0.25) is 0 Å². The number of benzene rings is 1. The van der Waals surface area contributed by atoms with E-state index in [-0.39, 0.29) is 5.82 Å². The molecule has 0 fully saturated rings. The fourth-order valence-electron chi connectivity index (χ4n) is 2.35. The van der Waals surface area contributed by atoms with Crippen molar-refractivity contribution in [2.24, 2.45) is 17.8 Å². The molecule has 0 radical (unpaired) electrons. The zero-order valence-corrected chi connectivity index (χ0v) is 17.8. The first-order valence-corrected chi connectivity index (χ1v) is 9.48. The van der Waals surface area contributed by atoms with Gasteiger partial charge in [0.1, 0.15) is 11.9 Å². The van der Waals surface area contributed by atoms with Crippen LogP contribution in [0, 0.1) is 9.39 Å². The Hall–Kier alpha value is -1.26. The third kappa shape index (κ3) is 4.68. The summed E-state index contributed by atoms with van der Waals surface area (Å²) in [6.07, 6.45) is 1.30. The maximum atomic E-state index is 13.3. The minimum Gasteiger partial charge on any atom is -0.402 e. The highest BCUT2D eigenvalue weighted by Gasteiger charge is 2.23. The van der Waals surface area contributed by atoms with Gasteiger partial charge in [-0.3, -0.25) is 4.68 Å². The van der Waals surface area contributed by atoms with Gasteiger partial charge in [-0.1, -0.05) is 6.92 Å². The molecule has 0 saturated carbocycles. The quantitative estimate of drug-likeness (QED) is 0.459. The molecule has 1 heterocycles. The predicted molar refractivity (Wildman–Crippen MR) is 109 cm³/mol. The lowest BCUT2D eigenvalue weighted by Crippen LogP contribution is -2.16. The number of aliphatic imine (C=N–C) groups is 1. The van der Waals surface area contributed by atoms with Crippen molar-refractivity contribution in [1.82, 2.24) is 9.78 Å². The van der Waals surface area contributed by atoms with Crippen LogP contribution in [0.3, 0.4) is 0 Å². The lowest BCUT2D eigenvalue weighted by molar-refractivity contribution is 0.237. The number of halogens is 3. The monoisotopic (exact) mass is 520 g/mol. The van der Waals surface area contributed by atoms with Crippen LogP contribution in [0.2, 0.25) is 0 Å². The van der Waals surface area contributed by atoms with Gasteiger partial charge in [0, 0.05) is 16.3 Å². The van der Waals surface area contributed by atoms with Gasteiger partial charge in [-0.15, -0.1) is 0 Å². The summed E-state index contributed by atoms with van der Waals surface area (Å²) in [6.45, 7) is 3.71. The van der Waals surface area contributed by atoms with Crippen LogP contribution in [0.25, 0.3) is 0 Å². The molecule has 134 valence electrons. The summed E-state index contributed by atoms with van der Waals surface area (Å²) in [5.74, 6) is -0.335. The highest BCUT2D eigenvalue weighted by molar-refractivity contribution is 14.1. The van der Waals surface area contributed by atoms with E-state index in [1.807, 2.05) is 29.5 Å². The molecule has 1 aromatic heterocycles. The van der Waals surface area contributed by atoms with E-state index in [0.717, 1.165) is 16.6 Å². The molecule has 0 aliphatic carbocycles. The molecule has 1 atom stereocenters. The molecular formula is C17H19BrFIN4O. The first-order valence-electron chi connectivity index (χ1n) is 7.61. The molecule has 1 aromatic carbocycles. The first kappa shape index (κ1) is 20.1. The molecule has 0 spiro atoms. The maximum Gasteiger partial charge on any atom is 0.139 e. The Morgan fingerprint density at radius 3 is 2.76 bits per heavy atom. The number of hydrogen-bond acceptors (Lipinski definition) is 4. The van der Waals surface area contributed by atoms with Crippen LogP contribution < -0.4 is 5.73 Å². The Bertz CT molecular complexity index is 843. The minimum atomic E-state index is -1.04. The Labute approximate surface area is 168 Å². The van der Waals surface area contributed by atoms with Crippen molar-refractivity contribution in [1.29, 1.82) is 0 Å². The highest BCUT2D eigenvalue weighted by atomic mass is 127. The second-order valence-corrected chi connectivity index (χ2v) is 7.50. The van der Waals surface area contributed by atoms with Crippen molar-refractivity contribution in [2.75, 3.05) is 0 Å². The number of aliphatic hydroxyl groups is 1. The van der Waals surface area contributed by atoms with Gasteiger partial charge in [0.15, 0.2) is 0 Å². The summed E-state index contributed by atoms with van der Waals surface area (Å²) in [5, 5.41) is 15.3. The Morgan fingerprint density at radius 1 is 1.56 bits per heavy atom. The Balaban J connectivity index is 2.56. The smallest absolute Gasteiger partial charge is 0.139 e. The maximum absolute atomic E-state index is 13.3. The van der Waals surface area contributed by atoms with Crippen LogP contribution >= 0.6 is 38.5 Å². The van der Waals surface area contributed by atoms with Crippen molar-refractivity contribution in [3.8, 4) is 0 Å². The van der Waals surface area contributed by atoms with Gasteiger partial charge in [-0.2, -0.15) is 5.10 Å². The average molecular weight is 521 g/mol. The summed E-state index contributed by atoms with van der Waals surface area (Å²) in [4.78, 5) is 4.51. The van der Waals surface area contributed by atoms with E-state index < -0.39 is 6.10 Å². The summed E-state index contributed by atoms with van der Waals surface area (Å²) < 4.78 is 16.3. The van der Waals surface area contributed by atoms with Crippen LogP contribution in [-0.4, -0.2) is 20.6 Å². The van der Waals surface area contributed by atoms with E-state index in [1.165, 1.54) is 12.1 Å². The second-order valence-electron chi connectivity index (χ2n) is 5.55. The molecule has 2 aromatic rings. The molecule has 0 aliphatic rings. The van der Waals surface area contributed by atoms with E-state index in [9.17, 15) is 9.50 Å². The highest BCUT2D eigenvalue weighted by Crippen LogP contribution is 2.30. The topological polar surface area (TPSA) is 76.4 Å². The molecule has 5 nitrogen and oxygen atoms in total. The zero-order valence-electron chi connectivity index (χ0n) is 14.1. The van der Waals surface area contributed by atoms with Crippen LogP contribution in [0.5, 0.6) is 0 Å². The fraction of sp³-hybridized carbons (Fsp3) is 0.294. The van der Waals surface area contributed by atoms with Crippen molar-refractivity contribution in [3.63, 3.8) is 0 Å². The number of aromatic nitrogens is 2. The molecule has 0 saturated heterocycles.